The van der Waals surface area contributed by atoms with E-state index in [1.807, 2.05) is 11.8 Å². The van der Waals surface area contributed by atoms with E-state index in [0.29, 0.717) is 0 Å². The zero-order valence-corrected chi connectivity index (χ0v) is 9.81. The van der Waals surface area contributed by atoms with Gasteiger partial charge in [0.25, 0.3) is 0 Å². The lowest BCUT2D eigenvalue weighted by Crippen LogP contribution is -2.31. The summed E-state index contributed by atoms with van der Waals surface area (Å²) in [6, 6.07) is 0. The SMILES string of the molecule is CC1(c2nnc3n2CCNC3)CCCS1. The first kappa shape index (κ1) is 9.66. The lowest BCUT2D eigenvalue weighted by molar-refractivity contribution is 0.469. The number of aromatic nitrogens is 3. The summed E-state index contributed by atoms with van der Waals surface area (Å²) in [5, 5.41) is 12.0. The molecule has 0 radical (unpaired) electrons. The van der Waals surface area contributed by atoms with Crippen molar-refractivity contribution in [3.63, 3.8) is 0 Å². The van der Waals surface area contributed by atoms with Crippen LogP contribution in [-0.4, -0.2) is 27.1 Å². The molecule has 2 aliphatic rings. The van der Waals surface area contributed by atoms with Crippen LogP contribution >= 0.6 is 11.8 Å². The fraction of sp³-hybridized carbons (Fsp3) is 0.800. The van der Waals surface area contributed by atoms with E-state index in [-0.39, 0.29) is 4.75 Å². The largest absolute Gasteiger partial charge is 0.311 e. The fourth-order valence-corrected chi connectivity index (χ4v) is 3.75. The maximum absolute atomic E-state index is 4.40. The van der Waals surface area contributed by atoms with Gasteiger partial charge in [-0.1, -0.05) is 0 Å². The molecule has 2 aliphatic heterocycles. The number of hydrogen-bond donors (Lipinski definition) is 1. The van der Waals surface area contributed by atoms with Gasteiger partial charge in [0.05, 0.1) is 11.3 Å². The van der Waals surface area contributed by atoms with Crippen molar-refractivity contribution in [1.29, 1.82) is 0 Å². The van der Waals surface area contributed by atoms with E-state index in [1.165, 1.54) is 24.4 Å². The zero-order chi connectivity index (χ0) is 10.3. The molecule has 0 spiro atoms. The number of nitrogens with zero attached hydrogens (tertiary/aromatic N) is 3. The minimum Gasteiger partial charge on any atom is -0.311 e. The van der Waals surface area contributed by atoms with E-state index < -0.39 is 0 Å². The molecule has 82 valence electrons. The molecule has 1 unspecified atom stereocenters. The second-order valence-corrected chi connectivity index (χ2v) is 6.05. The van der Waals surface area contributed by atoms with Gasteiger partial charge in [0.2, 0.25) is 0 Å². The van der Waals surface area contributed by atoms with Crippen LogP contribution in [0.3, 0.4) is 0 Å². The van der Waals surface area contributed by atoms with Gasteiger partial charge in [-0.25, -0.2) is 0 Å². The van der Waals surface area contributed by atoms with Crippen LogP contribution in [0.2, 0.25) is 0 Å². The number of rotatable bonds is 1. The Morgan fingerprint density at radius 1 is 1.47 bits per heavy atom. The second kappa shape index (κ2) is 3.49. The first-order valence-corrected chi connectivity index (χ1v) is 6.55. The van der Waals surface area contributed by atoms with Crippen LogP contribution in [-0.2, 0) is 17.8 Å². The second-order valence-electron chi connectivity index (χ2n) is 4.45. The Bertz CT molecular complexity index is 367. The summed E-state index contributed by atoms with van der Waals surface area (Å²) in [4.78, 5) is 0. The fourth-order valence-electron chi connectivity index (χ4n) is 2.44. The molecule has 4 nitrogen and oxygen atoms in total. The van der Waals surface area contributed by atoms with E-state index in [1.54, 1.807) is 0 Å². The molecule has 0 bridgehead atoms. The van der Waals surface area contributed by atoms with Crippen molar-refractivity contribution in [2.45, 2.75) is 37.6 Å². The van der Waals surface area contributed by atoms with Crippen molar-refractivity contribution < 1.29 is 0 Å². The Morgan fingerprint density at radius 3 is 3.20 bits per heavy atom. The minimum atomic E-state index is 0.211. The highest BCUT2D eigenvalue weighted by molar-refractivity contribution is 8.00. The maximum Gasteiger partial charge on any atom is 0.149 e. The van der Waals surface area contributed by atoms with Crippen molar-refractivity contribution in [1.82, 2.24) is 20.1 Å². The molecule has 1 atom stereocenters. The molecule has 1 fully saturated rings. The lowest BCUT2D eigenvalue weighted by Gasteiger charge is -2.24. The molecular weight excluding hydrogens is 208 g/mol. The number of hydrogen-bond acceptors (Lipinski definition) is 4. The van der Waals surface area contributed by atoms with Crippen molar-refractivity contribution >= 4 is 11.8 Å². The van der Waals surface area contributed by atoms with Crippen molar-refractivity contribution in [2.75, 3.05) is 12.3 Å². The first-order valence-electron chi connectivity index (χ1n) is 5.57. The summed E-state index contributed by atoms with van der Waals surface area (Å²) in [5.74, 6) is 3.56. The first-order chi connectivity index (χ1) is 7.30. The highest BCUT2D eigenvalue weighted by atomic mass is 32.2. The van der Waals surface area contributed by atoms with E-state index in [9.17, 15) is 0 Å². The number of fused-ring (bicyclic) bond motifs is 1. The van der Waals surface area contributed by atoms with Crippen molar-refractivity contribution in [2.24, 2.45) is 0 Å². The maximum atomic E-state index is 4.40. The Kier molecular flexibility index (Phi) is 2.25. The van der Waals surface area contributed by atoms with Crippen LogP contribution in [0, 0.1) is 0 Å². The molecule has 1 saturated heterocycles. The highest BCUT2D eigenvalue weighted by Crippen LogP contribution is 2.45. The lowest BCUT2D eigenvalue weighted by atomic mass is 10.0. The Morgan fingerprint density at radius 2 is 2.40 bits per heavy atom. The van der Waals surface area contributed by atoms with Crippen molar-refractivity contribution in [3.8, 4) is 0 Å². The summed E-state index contributed by atoms with van der Waals surface area (Å²) < 4.78 is 2.53. The van der Waals surface area contributed by atoms with Crippen LogP contribution in [0.25, 0.3) is 0 Å². The van der Waals surface area contributed by atoms with Gasteiger partial charge in [0.1, 0.15) is 11.6 Å². The standard InChI is InChI=1S/C10H16N4S/c1-10(3-2-6-15-10)9-13-12-8-7-11-4-5-14(8)9/h11H,2-7H2,1H3. The summed E-state index contributed by atoms with van der Waals surface area (Å²) in [6.45, 7) is 5.24. The van der Waals surface area contributed by atoms with Crippen LogP contribution in [0.5, 0.6) is 0 Å². The predicted molar refractivity (Wildman–Crippen MR) is 60.8 cm³/mol. The van der Waals surface area contributed by atoms with Gasteiger partial charge in [0.15, 0.2) is 0 Å². The normalized spacial score (nSPS) is 30.5. The summed E-state index contributed by atoms with van der Waals surface area (Å²) in [5.41, 5.74) is 0. The Labute approximate surface area is 93.8 Å². The molecule has 0 aromatic carbocycles. The van der Waals surface area contributed by atoms with Gasteiger partial charge >= 0.3 is 0 Å². The van der Waals surface area contributed by atoms with Crippen LogP contribution in [0.15, 0.2) is 0 Å². The molecule has 1 aromatic heterocycles. The Hall–Kier alpha value is -0.550. The smallest absolute Gasteiger partial charge is 0.149 e. The molecule has 0 saturated carbocycles. The molecule has 3 rings (SSSR count). The number of nitrogens with one attached hydrogen (secondary N) is 1. The molecule has 0 amide bonds. The summed E-state index contributed by atoms with van der Waals surface area (Å²) in [7, 11) is 0. The quantitative estimate of drug-likeness (QED) is 0.776. The van der Waals surface area contributed by atoms with Crippen LogP contribution in [0.4, 0.5) is 0 Å². The van der Waals surface area contributed by atoms with Gasteiger partial charge in [0, 0.05) is 13.1 Å². The van der Waals surface area contributed by atoms with E-state index in [0.717, 1.165) is 25.5 Å². The topological polar surface area (TPSA) is 42.7 Å². The molecular formula is C10H16N4S. The zero-order valence-electron chi connectivity index (χ0n) is 8.99. The molecule has 3 heterocycles. The van der Waals surface area contributed by atoms with E-state index in [4.69, 9.17) is 0 Å². The molecule has 15 heavy (non-hydrogen) atoms. The van der Waals surface area contributed by atoms with E-state index >= 15 is 0 Å². The third kappa shape index (κ3) is 1.49. The Balaban J connectivity index is 2.00. The molecule has 1 aromatic rings. The van der Waals surface area contributed by atoms with Crippen molar-refractivity contribution in [3.05, 3.63) is 11.6 Å². The van der Waals surface area contributed by atoms with E-state index in [2.05, 4.69) is 27.0 Å². The average molecular weight is 224 g/mol. The molecule has 0 aliphatic carbocycles. The summed E-state index contributed by atoms with van der Waals surface area (Å²) in [6.07, 6.45) is 2.55. The third-order valence-corrected chi connectivity index (χ3v) is 4.83. The third-order valence-electron chi connectivity index (χ3n) is 3.31. The van der Waals surface area contributed by atoms with Gasteiger partial charge in [-0.05, 0) is 25.5 Å². The van der Waals surface area contributed by atoms with Gasteiger partial charge < -0.3 is 9.88 Å². The van der Waals surface area contributed by atoms with Gasteiger partial charge in [-0.2, -0.15) is 0 Å². The van der Waals surface area contributed by atoms with Crippen LogP contribution < -0.4 is 5.32 Å². The van der Waals surface area contributed by atoms with Gasteiger partial charge in [-0.15, -0.1) is 22.0 Å². The monoisotopic (exact) mass is 224 g/mol. The number of thioether (sulfide) groups is 1. The average Bonchev–Trinajstić information content (AvgIpc) is 2.84. The van der Waals surface area contributed by atoms with Crippen LogP contribution in [0.1, 0.15) is 31.4 Å². The highest BCUT2D eigenvalue weighted by Gasteiger charge is 2.37. The molecule has 1 N–H and O–H groups in total. The van der Waals surface area contributed by atoms with Gasteiger partial charge in [-0.3, -0.25) is 0 Å². The summed E-state index contributed by atoms with van der Waals surface area (Å²) >= 11 is 2.03. The molecule has 5 heteroatoms. The minimum absolute atomic E-state index is 0.211. The predicted octanol–water partition coefficient (Wildman–Crippen LogP) is 1.12.